The summed E-state index contributed by atoms with van der Waals surface area (Å²) >= 11 is 0. The van der Waals surface area contributed by atoms with Crippen LogP contribution in [0.25, 0.3) is 0 Å². The quantitative estimate of drug-likeness (QED) is 0.167. The summed E-state index contributed by atoms with van der Waals surface area (Å²) in [5.41, 5.74) is 10.7. The second-order valence-corrected chi connectivity index (χ2v) is 10.6. The zero-order valence-corrected chi connectivity index (χ0v) is 19.9. The van der Waals surface area contributed by atoms with Gasteiger partial charge in [-0.25, -0.2) is 0 Å². The molecule has 0 rings (SSSR count). The third kappa shape index (κ3) is 14.6. The average Bonchev–Trinajstić information content (AvgIpc) is 2.65. The second kappa shape index (κ2) is 18.7. The molecule has 2 amide bonds. The minimum absolute atomic E-state index is 0.141. The van der Waals surface area contributed by atoms with Gasteiger partial charge in [0.1, 0.15) is 0 Å². The average molecular weight is 433 g/mol. The fraction of sp³-hybridized carbons (Fsp3) is 0.909. The maximum absolute atomic E-state index is 12.5. The van der Waals surface area contributed by atoms with E-state index in [0.29, 0.717) is 12.2 Å². The number of unbranched alkanes of at least 4 members (excludes halogenated alkanes) is 10. The molecule has 0 fully saturated rings. The third-order valence-corrected chi connectivity index (χ3v) is 7.95. The molecular formula is C22H44N2O2S2. The Kier molecular flexibility index (Phi) is 18.4. The Morgan fingerprint density at radius 3 is 1.61 bits per heavy atom. The standard InChI is InChI=1S/C22H44N2O2S2/c1-3-5-7-9-11-13-16-22(21(24)26,17-14-12-10-8-6-4-2)19-28-27-18-15-20(23)25/h3-19H2,1-2H3,(H2,23,25)(H2,24,26). The first-order valence-electron chi connectivity index (χ1n) is 11.3. The Balaban J connectivity index is 4.53. The van der Waals surface area contributed by atoms with E-state index in [2.05, 4.69) is 13.8 Å². The highest BCUT2D eigenvalue weighted by atomic mass is 33.1. The van der Waals surface area contributed by atoms with Crippen molar-refractivity contribution in [2.24, 2.45) is 16.9 Å². The maximum Gasteiger partial charge on any atom is 0.224 e. The van der Waals surface area contributed by atoms with Gasteiger partial charge in [0.25, 0.3) is 0 Å². The lowest BCUT2D eigenvalue weighted by molar-refractivity contribution is -0.127. The monoisotopic (exact) mass is 432 g/mol. The van der Waals surface area contributed by atoms with Gasteiger partial charge < -0.3 is 11.5 Å². The lowest BCUT2D eigenvalue weighted by Gasteiger charge is -2.30. The van der Waals surface area contributed by atoms with Crippen molar-refractivity contribution < 1.29 is 9.59 Å². The van der Waals surface area contributed by atoms with Crippen LogP contribution in [-0.4, -0.2) is 23.3 Å². The van der Waals surface area contributed by atoms with Crippen LogP contribution in [0.15, 0.2) is 0 Å². The number of primary amides is 2. The summed E-state index contributed by atoms with van der Waals surface area (Å²) in [5, 5.41) is 0. The summed E-state index contributed by atoms with van der Waals surface area (Å²) in [6, 6.07) is 0. The number of nitrogens with two attached hydrogens (primary N) is 2. The Morgan fingerprint density at radius 2 is 1.18 bits per heavy atom. The van der Waals surface area contributed by atoms with Crippen molar-refractivity contribution in [1.29, 1.82) is 0 Å². The highest BCUT2D eigenvalue weighted by Crippen LogP contribution is 2.39. The van der Waals surface area contributed by atoms with Gasteiger partial charge in [0.05, 0.1) is 5.41 Å². The SMILES string of the molecule is CCCCCCCCC(CCCCCCCC)(CSSCCC(N)=O)C(N)=O. The minimum atomic E-state index is -0.403. The van der Waals surface area contributed by atoms with Crippen LogP contribution in [0.1, 0.15) is 110 Å². The van der Waals surface area contributed by atoms with Crippen LogP contribution in [0.2, 0.25) is 0 Å². The van der Waals surface area contributed by atoms with Crippen LogP contribution in [-0.2, 0) is 9.59 Å². The molecule has 6 heteroatoms. The number of amides is 2. The summed E-state index contributed by atoms with van der Waals surface area (Å²) in [5.74, 6) is 1.03. The molecule has 28 heavy (non-hydrogen) atoms. The summed E-state index contributed by atoms with van der Waals surface area (Å²) in [4.78, 5) is 23.3. The van der Waals surface area contributed by atoms with Crippen LogP contribution in [0.5, 0.6) is 0 Å². The molecule has 0 spiro atoms. The van der Waals surface area contributed by atoms with Crippen LogP contribution < -0.4 is 11.5 Å². The molecule has 0 heterocycles. The fourth-order valence-electron chi connectivity index (χ4n) is 3.43. The van der Waals surface area contributed by atoms with Crippen LogP contribution in [0.3, 0.4) is 0 Å². The smallest absolute Gasteiger partial charge is 0.224 e. The van der Waals surface area contributed by atoms with E-state index in [0.717, 1.165) is 31.4 Å². The van der Waals surface area contributed by atoms with Gasteiger partial charge in [-0.05, 0) is 12.8 Å². The predicted octanol–water partition coefficient (Wildman–Crippen LogP) is 6.22. The third-order valence-electron chi connectivity index (χ3n) is 5.39. The predicted molar refractivity (Wildman–Crippen MR) is 126 cm³/mol. The molecule has 0 aliphatic heterocycles. The van der Waals surface area contributed by atoms with Gasteiger partial charge >= 0.3 is 0 Å². The van der Waals surface area contributed by atoms with E-state index >= 15 is 0 Å². The molecule has 0 aliphatic carbocycles. The van der Waals surface area contributed by atoms with Gasteiger partial charge in [0, 0.05) is 17.9 Å². The van der Waals surface area contributed by atoms with Crippen molar-refractivity contribution in [1.82, 2.24) is 0 Å². The lowest BCUT2D eigenvalue weighted by atomic mass is 9.78. The summed E-state index contributed by atoms with van der Waals surface area (Å²) in [6.07, 6.45) is 16.9. The first kappa shape index (κ1) is 27.6. The van der Waals surface area contributed by atoms with Crippen molar-refractivity contribution in [2.75, 3.05) is 11.5 Å². The molecule has 0 aromatic heterocycles. The summed E-state index contributed by atoms with van der Waals surface area (Å²) in [7, 11) is 3.32. The number of hydrogen-bond donors (Lipinski definition) is 2. The molecular weight excluding hydrogens is 388 g/mol. The highest BCUT2D eigenvalue weighted by molar-refractivity contribution is 8.76. The van der Waals surface area contributed by atoms with E-state index in [1.54, 1.807) is 21.6 Å². The maximum atomic E-state index is 12.5. The molecule has 0 atom stereocenters. The second-order valence-electron chi connectivity index (χ2n) is 7.98. The number of carbonyl (C=O) groups excluding carboxylic acids is 2. The normalized spacial score (nSPS) is 11.6. The highest BCUT2D eigenvalue weighted by Gasteiger charge is 2.35. The van der Waals surface area contributed by atoms with E-state index < -0.39 is 5.41 Å². The minimum Gasteiger partial charge on any atom is -0.370 e. The number of hydrogen-bond acceptors (Lipinski definition) is 4. The van der Waals surface area contributed by atoms with E-state index in [9.17, 15) is 9.59 Å². The van der Waals surface area contributed by atoms with Crippen molar-refractivity contribution in [3.8, 4) is 0 Å². The molecule has 0 saturated heterocycles. The van der Waals surface area contributed by atoms with Crippen LogP contribution >= 0.6 is 21.6 Å². The molecule has 0 unspecified atom stereocenters. The zero-order chi connectivity index (χ0) is 21.1. The molecule has 0 radical (unpaired) electrons. The number of rotatable bonds is 21. The van der Waals surface area contributed by atoms with Gasteiger partial charge in [0.2, 0.25) is 11.8 Å². The molecule has 4 N–H and O–H groups in total. The number of carbonyl (C=O) groups is 2. The topological polar surface area (TPSA) is 86.2 Å². The van der Waals surface area contributed by atoms with Crippen molar-refractivity contribution in [3.63, 3.8) is 0 Å². The lowest BCUT2D eigenvalue weighted by Crippen LogP contribution is -2.39. The summed E-state index contributed by atoms with van der Waals surface area (Å²) < 4.78 is 0. The molecule has 0 aliphatic rings. The molecule has 0 aromatic carbocycles. The van der Waals surface area contributed by atoms with Gasteiger partial charge in [-0.3, -0.25) is 9.59 Å². The Labute approximate surface area is 181 Å². The van der Waals surface area contributed by atoms with E-state index in [1.807, 2.05) is 0 Å². The van der Waals surface area contributed by atoms with Gasteiger partial charge in [-0.2, -0.15) is 0 Å². The largest absolute Gasteiger partial charge is 0.370 e. The Morgan fingerprint density at radius 1 is 0.714 bits per heavy atom. The molecule has 4 nitrogen and oxygen atoms in total. The van der Waals surface area contributed by atoms with Crippen LogP contribution in [0, 0.1) is 5.41 Å². The molecule has 0 bridgehead atoms. The molecule has 166 valence electrons. The van der Waals surface area contributed by atoms with Gasteiger partial charge in [0.15, 0.2) is 0 Å². The molecule has 0 aromatic rings. The Bertz CT molecular complexity index is 390. The first-order chi connectivity index (χ1) is 13.5. The van der Waals surface area contributed by atoms with E-state index in [-0.39, 0.29) is 11.8 Å². The van der Waals surface area contributed by atoms with E-state index in [1.165, 1.54) is 64.2 Å². The zero-order valence-electron chi connectivity index (χ0n) is 18.3. The molecule has 0 saturated carbocycles. The fourth-order valence-corrected chi connectivity index (χ4v) is 6.10. The van der Waals surface area contributed by atoms with E-state index in [4.69, 9.17) is 11.5 Å². The van der Waals surface area contributed by atoms with Crippen molar-refractivity contribution >= 4 is 33.4 Å². The van der Waals surface area contributed by atoms with Crippen molar-refractivity contribution in [2.45, 2.75) is 110 Å². The van der Waals surface area contributed by atoms with Crippen molar-refractivity contribution in [3.05, 3.63) is 0 Å². The van der Waals surface area contributed by atoms with Gasteiger partial charge in [-0.15, -0.1) is 0 Å². The van der Waals surface area contributed by atoms with Crippen LogP contribution in [0.4, 0.5) is 0 Å². The first-order valence-corrected chi connectivity index (χ1v) is 13.8. The Hall–Kier alpha value is -0.360. The summed E-state index contributed by atoms with van der Waals surface area (Å²) in [6.45, 7) is 4.46. The van der Waals surface area contributed by atoms with Gasteiger partial charge in [-0.1, -0.05) is 112 Å².